The van der Waals surface area contributed by atoms with Gasteiger partial charge >= 0.3 is 0 Å². The van der Waals surface area contributed by atoms with Crippen LogP contribution in [-0.2, 0) is 11.2 Å². The minimum absolute atomic E-state index is 0.202. The van der Waals surface area contributed by atoms with E-state index in [1.807, 2.05) is 26.0 Å². The van der Waals surface area contributed by atoms with Gasteiger partial charge in [0.2, 0.25) is 0 Å². The van der Waals surface area contributed by atoms with Crippen LogP contribution in [0.1, 0.15) is 34.3 Å². The predicted molar refractivity (Wildman–Crippen MR) is 82.9 cm³/mol. The average molecular weight is 317 g/mol. The van der Waals surface area contributed by atoms with E-state index >= 15 is 0 Å². The smallest absolute Gasteiger partial charge is 0.276 e. The van der Waals surface area contributed by atoms with Crippen LogP contribution in [0.4, 0.5) is 0 Å². The van der Waals surface area contributed by atoms with Gasteiger partial charge < -0.3 is 9.26 Å². The van der Waals surface area contributed by atoms with Gasteiger partial charge in [-0.05, 0) is 32.4 Å². The number of aryl methyl sites for hydroxylation is 3. The van der Waals surface area contributed by atoms with E-state index in [9.17, 15) is 9.59 Å². The number of carbonyl (C=O) groups is 2. The lowest BCUT2D eigenvalue weighted by Gasteiger charge is -2.09. The normalized spacial score (nSPS) is 10.2. The third kappa shape index (κ3) is 4.32. The second-order valence-corrected chi connectivity index (χ2v) is 5.02. The lowest BCUT2D eigenvalue weighted by atomic mass is 10.1. The summed E-state index contributed by atoms with van der Waals surface area (Å²) in [5.74, 6) is 0.0556. The molecular formula is C16H19N3O4. The summed E-state index contributed by atoms with van der Waals surface area (Å²) < 4.78 is 10.3. The molecule has 0 unspecified atom stereocenters. The molecule has 0 radical (unpaired) electrons. The van der Waals surface area contributed by atoms with E-state index in [4.69, 9.17) is 9.26 Å². The molecule has 0 aliphatic carbocycles. The van der Waals surface area contributed by atoms with Crippen LogP contribution in [0.25, 0.3) is 0 Å². The average Bonchev–Trinajstić information content (AvgIpc) is 2.93. The summed E-state index contributed by atoms with van der Waals surface area (Å²) in [7, 11) is 0. The zero-order chi connectivity index (χ0) is 16.8. The van der Waals surface area contributed by atoms with Gasteiger partial charge in [-0.2, -0.15) is 0 Å². The Morgan fingerprint density at radius 1 is 1.17 bits per heavy atom. The van der Waals surface area contributed by atoms with Crippen LogP contribution in [0.2, 0.25) is 0 Å². The standard InChI is InChI=1S/C16H19N3O4/c1-4-13-15(11(3)23-19-13)16(21)18-17-14(20)9-22-12-7-5-10(2)6-8-12/h5-8H,4,9H2,1-3H3,(H,17,20)(H,18,21). The zero-order valence-electron chi connectivity index (χ0n) is 13.3. The minimum Gasteiger partial charge on any atom is -0.484 e. The molecule has 2 amide bonds. The topological polar surface area (TPSA) is 93.5 Å². The molecule has 0 aliphatic rings. The number of hydrazine groups is 1. The van der Waals surface area contributed by atoms with Crippen LogP contribution in [0, 0.1) is 13.8 Å². The minimum atomic E-state index is -0.468. The number of rotatable bonds is 5. The van der Waals surface area contributed by atoms with E-state index in [0.717, 1.165) is 5.56 Å². The first-order valence-corrected chi connectivity index (χ1v) is 7.25. The Labute approximate surface area is 134 Å². The fraction of sp³-hybridized carbons (Fsp3) is 0.312. The number of ether oxygens (including phenoxy) is 1. The molecule has 122 valence electrons. The number of benzene rings is 1. The van der Waals surface area contributed by atoms with Crippen molar-refractivity contribution in [3.63, 3.8) is 0 Å². The van der Waals surface area contributed by atoms with Gasteiger partial charge in [-0.15, -0.1) is 0 Å². The maximum absolute atomic E-state index is 12.1. The monoisotopic (exact) mass is 317 g/mol. The lowest BCUT2D eigenvalue weighted by molar-refractivity contribution is -0.123. The molecule has 0 fully saturated rings. The summed E-state index contributed by atoms with van der Waals surface area (Å²) in [5.41, 5.74) is 6.61. The molecule has 0 bridgehead atoms. The van der Waals surface area contributed by atoms with Crippen molar-refractivity contribution in [1.82, 2.24) is 16.0 Å². The van der Waals surface area contributed by atoms with E-state index in [0.29, 0.717) is 29.2 Å². The maximum atomic E-state index is 12.1. The van der Waals surface area contributed by atoms with Gasteiger partial charge in [0.15, 0.2) is 6.61 Å². The molecule has 2 aromatic rings. The Morgan fingerprint density at radius 3 is 2.52 bits per heavy atom. The van der Waals surface area contributed by atoms with Crippen LogP contribution in [-0.4, -0.2) is 23.6 Å². The van der Waals surface area contributed by atoms with E-state index in [2.05, 4.69) is 16.0 Å². The van der Waals surface area contributed by atoms with Crippen molar-refractivity contribution in [2.24, 2.45) is 0 Å². The van der Waals surface area contributed by atoms with Gasteiger partial charge in [0.1, 0.15) is 17.1 Å². The van der Waals surface area contributed by atoms with Crippen molar-refractivity contribution in [2.45, 2.75) is 27.2 Å². The van der Waals surface area contributed by atoms with Crippen LogP contribution >= 0.6 is 0 Å². The molecule has 0 saturated heterocycles. The second kappa shape index (κ2) is 7.44. The van der Waals surface area contributed by atoms with Crippen LogP contribution in [0.3, 0.4) is 0 Å². The lowest BCUT2D eigenvalue weighted by Crippen LogP contribution is -2.44. The number of carbonyl (C=O) groups excluding carboxylic acids is 2. The van der Waals surface area contributed by atoms with Crippen molar-refractivity contribution >= 4 is 11.8 Å². The van der Waals surface area contributed by atoms with Crippen molar-refractivity contribution in [3.05, 3.63) is 46.8 Å². The van der Waals surface area contributed by atoms with Gasteiger partial charge in [-0.25, -0.2) is 0 Å². The first-order valence-electron chi connectivity index (χ1n) is 7.25. The van der Waals surface area contributed by atoms with Gasteiger partial charge in [0.25, 0.3) is 11.8 Å². The van der Waals surface area contributed by atoms with E-state index in [1.165, 1.54) is 0 Å². The molecule has 1 aromatic carbocycles. The number of nitrogens with one attached hydrogen (secondary N) is 2. The molecule has 1 heterocycles. The molecule has 0 spiro atoms. The number of amides is 2. The van der Waals surface area contributed by atoms with Gasteiger partial charge in [-0.1, -0.05) is 29.8 Å². The third-order valence-corrected chi connectivity index (χ3v) is 3.20. The SMILES string of the molecule is CCc1noc(C)c1C(=O)NNC(=O)COc1ccc(C)cc1. The number of hydrogen-bond acceptors (Lipinski definition) is 5. The molecule has 7 nitrogen and oxygen atoms in total. The van der Waals surface area contributed by atoms with E-state index in [1.54, 1.807) is 19.1 Å². The summed E-state index contributed by atoms with van der Waals surface area (Å²) in [6.07, 6.45) is 0.560. The Hall–Kier alpha value is -2.83. The number of hydrogen-bond donors (Lipinski definition) is 2. The number of aromatic nitrogens is 1. The van der Waals surface area contributed by atoms with Crippen LogP contribution in [0.5, 0.6) is 5.75 Å². The highest BCUT2D eigenvalue weighted by molar-refractivity contribution is 5.97. The molecule has 0 aliphatic heterocycles. The molecule has 7 heteroatoms. The number of nitrogens with zero attached hydrogens (tertiary/aromatic N) is 1. The fourth-order valence-electron chi connectivity index (χ4n) is 1.96. The predicted octanol–water partition coefficient (Wildman–Crippen LogP) is 1.69. The van der Waals surface area contributed by atoms with Gasteiger partial charge in [-0.3, -0.25) is 20.4 Å². The summed E-state index contributed by atoms with van der Waals surface area (Å²) in [6, 6.07) is 7.32. The Morgan fingerprint density at radius 2 is 1.87 bits per heavy atom. The van der Waals surface area contributed by atoms with Crippen LogP contribution in [0.15, 0.2) is 28.8 Å². The highest BCUT2D eigenvalue weighted by atomic mass is 16.5. The molecule has 0 atom stereocenters. The van der Waals surface area contributed by atoms with Crippen molar-refractivity contribution < 1.29 is 18.8 Å². The molecule has 2 N–H and O–H groups in total. The van der Waals surface area contributed by atoms with E-state index < -0.39 is 11.8 Å². The van der Waals surface area contributed by atoms with E-state index in [-0.39, 0.29) is 6.61 Å². The van der Waals surface area contributed by atoms with Crippen molar-refractivity contribution in [3.8, 4) is 5.75 Å². The largest absolute Gasteiger partial charge is 0.484 e. The second-order valence-electron chi connectivity index (χ2n) is 5.02. The Kier molecular flexibility index (Phi) is 5.35. The molecule has 2 rings (SSSR count). The molecule has 0 saturated carbocycles. The summed E-state index contributed by atoms with van der Waals surface area (Å²) in [4.78, 5) is 23.8. The molecule has 23 heavy (non-hydrogen) atoms. The molecule has 1 aromatic heterocycles. The highest BCUT2D eigenvalue weighted by Gasteiger charge is 2.19. The van der Waals surface area contributed by atoms with Gasteiger partial charge in [0, 0.05) is 0 Å². The first-order chi connectivity index (χ1) is 11.0. The first kappa shape index (κ1) is 16.5. The maximum Gasteiger partial charge on any atom is 0.276 e. The summed E-state index contributed by atoms with van der Waals surface area (Å²) >= 11 is 0. The summed E-state index contributed by atoms with van der Waals surface area (Å²) in [5, 5.41) is 3.79. The third-order valence-electron chi connectivity index (χ3n) is 3.20. The summed E-state index contributed by atoms with van der Waals surface area (Å²) in [6.45, 7) is 5.27. The Balaban J connectivity index is 1.83. The van der Waals surface area contributed by atoms with Crippen molar-refractivity contribution in [1.29, 1.82) is 0 Å². The Bertz CT molecular complexity index is 692. The fourth-order valence-corrected chi connectivity index (χ4v) is 1.96. The highest BCUT2D eigenvalue weighted by Crippen LogP contribution is 2.13. The quantitative estimate of drug-likeness (QED) is 0.819. The molecular weight excluding hydrogens is 298 g/mol. The van der Waals surface area contributed by atoms with Crippen molar-refractivity contribution in [2.75, 3.05) is 6.61 Å². The van der Waals surface area contributed by atoms with Crippen LogP contribution < -0.4 is 15.6 Å². The van der Waals surface area contributed by atoms with Gasteiger partial charge in [0.05, 0.1) is 5.69 Å². The zero-order valence-corrected chi connectivity index (χ0v) is 13.3.